The van der Waals surface area contributed by atoms with E-state index in [1.54, 1.807) is 17.2 Å². The summed E-state index contributed by atoms with van der Waals surface area (Å²) < 4.78 is 5.28. The van der Waals surface area contributed by atoms with E-state index in [0.29, 0.717) is 18.8 Å². The van der Waals surface area contributed by atoms with Crippen LogP contribution in [0.1, 0.15) is 27.2 Å². The van der Waals surface area contributed by atoms with Crippen molar-refractivity contribution in [2.75, 3.05) is 12.3 Å². The molecule has 19 heavy (non-hydrogen) atoms. The molecular formula is C15H16N2O2. The Labute approximate surface area is 111 Å². The van der Waals surface area contributed by atoms with Gasteiger partial charge in [-0.25, -0.2) is 0 Å². The van der Waals surface area contributed by atoms with Crippen LogP contribution in [0.15, 0.2) is 34.9 Å². The number of hydrogen-bond acceptors (Lipinski definition) is 3. The molecule has 2 aromatic rings. The summed E-state index contributed by atoms with van der Waals surface area (Å²) in [7, 11) is 0. The molecule has 1 aromatic heterocycles. The summed E-state index contributed by atoms with van der Waals surface area (Å²) in [6, 6.07) is 7.72. The van der Waals surface area contributed by atoms with Crippen LogP contribution in [-0.2, 0) is 13.0 Å². The van der Waals surface area contributed by atoms with Crippen molar-refractivity contribution in [3.63, 3.8) is 0 Å². The number of hydrogen-bond donors (Lipinski definition) is 1. The number of furan rings is 1. The van der Waals surface area contributed by atoms with Gasteiger partial charge in [-0.3, -0.25) is 4.79 Å². The van der Waals surface area contributed by atoms with Crippen molar-refractivity contribution in [3.05, 3.63) is 53.0 Å². The summed E-state index contributed by atoms with van der Waals surface area (Å²) >= 11 is 0. The summed E-state index contributed by atoms with van der Waals surface area (Å²) in [5, 5.41) is 0. The maximum absolute atomic E-state index is 12.4. The molecule has 0 bridgehead atoms. The smallest absolute Gasteiger partial charge is 0.290 e. The minimum atomic E-state index is -0.0589. The van der Waals surface area contributed by atoms with Gasteiger partial charge in [0.25, 0.3) is 5.91 Å². The van der Waals surface area contributed by atoms with E-state index in [0.717, 1.165) is 23.2 Å². The van der Waals surface area contributed by atoms with E-state index in [2.05, 4.69) is 6.07 Å². The molecule has 0 unspecified atom stereocenters. The number of carbonyl (C=O) groups excluding carboxylic acids is 1. The van der Waals surface area contributed by atoms with Gasteiger partial charge in [-0.2, -0.15) is 0 Å². The second-order valence-electron chi connectivity index (χ2n) is 4.89. The molecule has 0 radical (unpaired) electrons. The normalized spacial score (nSPS) is 14.3. The standard InChI is InChI=1S/C15H16N2O2/c1-10-6-8-19-14(10)15(18)17-7-5-11-3-2-4-13(16)12(11)9-17/h2-4,6,8H,5,7,9,16H2,1H3. The van der Waals surface area contributed by atoms with Crippen molar-refractivity contribution in [2.24, 2.45) is 0 Å². The predicted octanol–water partition coefficient (Wildman–Crippen LogP) is 2.37. The SMILES string of the molecule is Cc1ccoc1C(=O)N1CCc2cccc(N)c2C1. The number of rotatable bonds is 1. The summed E-state index contributed by atoms with van der Waals surface area (Å²) in [4.78, 5) is 14.2. The largest absolute Gasteiger partial charge is 0.459 e. The van der Waals surface area contributed by atoms with E-state index in [1.165, 1.54) is 5.56 Å². The van der Waals surface area contributed by atoms with E-state index in [-0.39, 0.29) is 5.91 Å². The lowest BCUT2D eigenvalue weighted by Crippen LogP contribution is -2.36. The number of anilines is 1. The summed E-state index contributed by atoms with van der Waals surface area (Å²) in [5.74, 6) is 0.370. The molecule has 0 fully saturated rings. The van der Waals surface area contributed by atoms with Crippen LogP contribution >= 0.6 is 0 Å². The zero-order chi connectivity index (χ0) is 13.4. The van der Waals surface area contributed by atoms with Crippen LogP contribution in [0.4, 0.5) is 5.69 Å². The first-order valence-corrected chi connectivity index (χ1v) is 6.36. The molecule has 0 aliphatic carbocycles. The Morgan fingerprint density at radius 2 is 2.21 bits per heavy atom. The second-order valence-corrected chi connectivity index (χ2v) is 4.89. The fourth-order valence-electron chi connectivity index (χ4n) is 2.52. The van der Waals surface area contributed by atoms with Gasteiger partial charge in [0.2, 0.25) is 0 Å². The van der Waals surface area contributed by atoms with Gasteiger partial charge in [0.1, 0.15) is 0 Å². The van der Waals surface area contributed by atoms with E-state index in [4.69, 9.17) is 10.2 Å². The topological polar surface area (TPSA) is 59.5 Å². The van der Waals surface area contributed by atoms with Crippen molar-refractivity contribution < 1.29 is 9.21 Å². The van der Waals surface area contributed by atoms with Crippen molar-refractivity contribution in [3.8, 4) is 0 Å². The molecule has 0 atom stereocenters. The molecule has 1 aliphatic rings. The highest BCUT2D eigenvalue weighted by atomic mass is 16.3. The van der Waals surface area contributed by atoms with Gasteiger partial charge in [0.15, 0.2) is 5.76 Å². The fraction of sp³-hybridized carbons (Fsp3) is 0.267. The maximum atomic E-state index is 12.4. The quantitative estimate of drug-likeness (QED) is 0.797. The first-order chi connectivity index (χ1) is 9.16. The summed E-state index contributed by atoms with van der Waals surface area (Å²) in [5.41, 5.74) is 9.92. The molecule has 0 saturated carbocycles. The lowest BCUT2D eigenvalue weighted by Gasteiger charge is -2.29. The predicted molar refractivity (Wildman–Crippen MR) is 72.7 cm³/mol. The number of nitrogens with two attached hydrogens (primary N) is 1. The van der Waals surface area contributed by atoms with Crippen molar-refractivity contribution in [2.45, 2.75) is 19.9 Å². The summed E-state index contributed by atoms with van der Waals surface area (Å²) in [6.07, 6.45) is 2.39. The van der Waals surface area contributed by atoms with Gasteiger partial charge in [-0.15, -0.1) is 0 Å². The zero-order valence-electron chi connectivity index (χ0n) is 10.8. The minimum Gasteiger partial charge on any atom is -0.459 e. The van der Waals surface area contributed by atoms with Gasteiger partial charge >= 0.3 is 0 Å². The lowest BCUT2D eigenvalue weighted by molar-refractivity contribution is 0.0702. The van der Waals surface area contributed by atoms with Crippen molar-refractivity contribution in [1.29, 1.82) is 0 Å². The monoisotopic (exact) mass is 256 g/mol. The molecule has 4 nitrogen and oxygen atoms in total. The van der Waals surface area contributed by atoms with Crippen LogP contribution in [0.5, 0.6) is 0 Å². The van der Waals surface area contributed by atoms with Crippen molar-refractivity contribution in [1.82, 2.24) is 4.90 Å². The highest BCUT2D eigenvalue weighted by Gasteiger charge is 2.25. The van der Waals surface area contributed by atoms with Gasteiger partial charge < -0.3 is 15.1 Å². The van der Waals surface area contributed by atoms with Crippen LogP contribution in [0, 0.1) is 6.92 Å². The van der Waals surface area contributed by atoms with Crippen LogP contribution in [-0.4, -0.2) is 17.4 Å². The molecule has 98 valence electrons. The molecule has 0 saturated heterocycles. The molecule has 2 heterocycles. The molecule has 4 heteroatoms. The van der Waals surface area contributed by atoms with E-state index >= 15 is 0 Å². The van der Waals surface area contributed by atoms with E-state index < -0.39 is 0 Å². The van der Waals surface area contributed by atoms with Gasteiger partial charge in [-0.1, -0.05) is 12.1 Å². The third-order valence-electron chi connectivity index (χ3n) is 3.65. The number of benzene rings is 1. The summed E-state index contributed by atoms with van der Waals surface area (Å²) in [6.45, 7) is 3.14. The minimum absolute atomic E-state index is 0.0589. The zero-order valence-corrected chi connectivity index (χ0v) is 10.8. The van der Waals surface area contributed by atoms with Crippen LogP contribution in [0.25, 0.3) is 0 Å². The fourth-order valence-corrected chi connectivity index (χ4v) is 2.52. The number of nitrogen functional groups attached to an aromatic ring is 1. The number of carbonyl (C=O) groups is 1. The van der Waals surface area contributed by atoms with Gasteiger partial charge in [0.05, 0.1) is 6.26 Å². The third-order valence-corrected chi connectivity index (χ3v) is 3.65. The third kappa shape index (κ3) is 1.99. The van der Waals surface area contributed by atoms with Gasteiger partial charge in [-0.05, 0) is 36.6 Å². The maximum Gasteiger partial charge on any atom is 0.290 e. The first kappa shape index (κ1) is 11.8. The van der Waals surface area contributed by atoms with Crippen LogP contribution in [0.3, 0.4) is 0 Å². The van der Waals surface area contributed by atoms with Crippen LogP contribution < -0.4 is 5.73 Å². The number of nitrogens with zero attached hydrogens (tertiary/aromatic N) is 1. The Bertz CT molecular complexity index is 631. The van der Waals surface area contributed by atoms with E-state index in [9.17, 15) is 4.79 Å². The Hall–Kier alpha value is -2.23. The molecule has 1 amide bonds. The molecule has 3 rings (SSSR count). The van der Waals surface area contributed by atoms with Gasteiger partial charge in [0, 0.05) is 24.3 Å². The highest BCUT2D eigenvalue weighted by molar-refractivity contribution is 5.93. The number of fused-ring (bicyclic) bond motifs is 1. The van der Waals surface area contributed by atoms with E-state index in [1.807, 2.05) is 19.1 Å². The Kier molecular flexibility index (Phi) is 2.78. The molecular weight excluding hydrogens is 240 g/mol. The highest BCUT2D eigenvalue weighted by Crippen LogP contribution is 2.25. The van der Waals surface area contributed by atoms with Crippen LogP contribution in [0.2, 0.25) is 0 Å². The first-order valence-electron chi connectivity index (χ1n) is 6.36. The molecule has 1 aliphatic heterocycles. The Balaban J connectivity index is 1.88. The molecule has 0 spiro atoms. The molecule has 2 N–H and O–H groups in total. The second kappa shape index (κ2) is 4.46. The Morgan fingerprint density at radius 3 is 2.95 bits per heavy atom. The molecule has 1 aromatic carbocycles. The number of aryl methyl sites for hydroxylation is 1. The number of amides is 1. The average molecular weight is 256 g/mol. The average Bonchev–Trinajstić information content (AvgIpc) is 2.84. The Morgan fingerprint density at radius 1 is 1.37 bits per heavy atom. The van der Waals surface area contributed by atoms with Crippen molar-refractivity contribution >= 4 is 11.6 Å². The lowest BCUT2D eigenvalue weighted by atomic mass is 9.98.